The number of nitrogens with zero attached hydrogens (tertiary/aromatic N) is 3. The van der Waals surface area contributed by atoms with Crippen molar-refractivity contribution in [1.82, 2.24) is 15.5 Å². The molecule has 1 aromatic heterocycles. The number of fused-ring (bicyclic) bond motifs is 1. The third-order valence-electron chi connectivity index (χ3n) is 6.27. The van der Waals surface area contributed by atoms with E-state index in [1.54, 1.807) is 17.4 Å². The van der Waals surface area contributed by atoms with Gasteiger partial charge in [-0.1, -0.05) is 12.1 Å². The first kappa shape index (κ1) is 22.3. The number of amides is 2. The molecule has 8 heteroatoms. The third kappa shape index (κ3) is 4.88. The van der Waals surface area contributed by atoms with E-state index in [1.807, 2.05) is 53.9 Å². The number of anilines is 1. The zero-order valence-electron chi connectivity index (χ0n) is 19.1. The molecule has 0 unspecified atom stereocenters. The minimum Gasteiger partial charge on any atom is -0.369 e. The van der Waals surface area contributed by atoms with Gasteiger partial charge < -0.3 is 20.4 Å². The summed E-state index contributed by atoms with van der Waals surface area (Å²) in [6.07, 6.45) is 0. The number of carbonyl (C=O) groups is 2. The van der Waals surface area contributed by atoms with Crippen LogP contribution in [0, 0.1) is 0 Å². The van der Waals surface area contributed by atoms with Crippen molar-refractivity contribution in [3.8, 4) is 0 Å². The number of carbonyl (C=O) groups excluding carboxylic acids is 2. The lowest BCUT2D eigenvalue weighted by molar-refractivity contribution is 0.0949. The average molecular weight is 474 g/mol. The smallest absolute Gasteiger partial charge is 0.256 e. The molecule has 2 aliphatic heterocycles. The molecule has 0 saturated carbocycles. The second-order valence-electron chi connectivity index (χ2n) is 8.59. The Bertz CT molecular complexity index is 1210. The van der Waals surface area contributed by atoms with Crippen molar-refractivity contribution in [2.24, 2.45) is 4.99 Å². The van der Waals surface area contributed by atoms with Crippen LogP contribution in [0.5, 0.6) is 0 Å². The summed E-state index contributed by atoms with van der Waals surface area (Å²) in [6, 6.07) is 17.2. The van der Waals surface area contributed by atoms with Crippen LogP contribution in [-0.4, -0.2) is 55.8 Å². The molecular weight excluding hydrogens is 446 g/mol. The molecule has 2 aromatic carbocycles. The highest BCUT2D eigenvalue weighted by Crippen LogP contribution is 2.21. The average Bonchev–Trinajstić information content (AvgIpc) is 3.53. The van der Waals surface area contributed by atoms with E-state index in [0.29, 0.717) is 30.1 Å². The first-order chi connectivity index (χ1) is 16.6. The number of aliphatic imine (C=N–C) groups is 1. The summed E-state index contributed by atoms with van der Waals surface area (Å²) in [7, 11) is 2.13. The number of benzene rings is 2. The van der Waals surface area contributed by atoms with Gasteiger partial charge in [-0.05, 0) is 60.5 Å². The molecule has 2 aliphatic rings. The molecule has 0 aliphatic carbocycles. The molecule has 1 fully saturated rings. The molecule has 3 heterocycles. The molecule has 3 aromatic rings. The Hall–Kier alpha value is -3.49. The topological polar surface area (TPSA) is 77.0 Å². The van der Waals surface area contributed by atoms with Crippen molar-refractivity contribution in [1.29, 1.82) is 0 Å². The molecule has 0 radical (unpaired) electrons. The van der Waals surface area contributed by atoms with Crippen molar-refractivity contribution < 1.29 is 9.59 Å². The molecule has 0 atom stereocenters. The number of hydrogen-bond acceptors (Lipinski definition) is 6. The Morgan fingerprint density at radius 3 is 2.47 bits per heavy atom. The second-order valence-corrected chi connectivity index (χ2v) is 9.62. The number of nitrogens with one attached hydrogen (secondary N) is 2. The van der Waals surface area contributed by atoms with Crippen molar-refractivity contribution in [2.45, 2.75) is 13.1 Å². The van der Waals surface area contributed by atoms with Gasteiger partial charge in [-0.15, -0.1) is 11.3 Å². The molecule has 34 heavy (non-hydrogen) atoms. The Balaban J connectivity index is 1.23. The summed E-state index contributed by atoms with van der Waals surface area (Å²) < 4.78 is 0. The number of hydrogen-bond donors (Lipinski definition) is 2. The fraction of sp³-hybridized carbons (Fsp3) is 0.269. The number of piperazine rings is 1. The van der Waals surface area contributed by atoms with Crippen molar-refractivity contribution in [3.63, 3.8) is 0 Å². The van der Waals surface area contributed by atoms with Crippen molar-refractivity contribution >= 4 is 34.7 Å². The van der Waals surface area contributed by atoms with Crippen LogP contribution in [-0.2, 0) is 13.1 Å². The fourth-order valence-corrected chi connectivity index (χ4v) is 4.83. The molecule has 174 valence electrons. The summed E-state index contributed by atoms with van der Waals surface area (Å²) in [5.74, 6) is 0.161. The molecular formula is C26H27N5O2S. The van der Waals surface area contributed by atoms with Gasteiger partial charge >= 0.3 is 0 Å². The first-order valence-electron chi connectivity index (χ1n) is 11.4. The summed E-state index contributed by atoms with van der Waals surface area (Å²) in [5, 5.41) is 7.87. The highest BCUT2D eigenvalue weighted by atomic mass is 32.1. The predicted octanol–water partition coefficient (Wildman–Crippen LogP) is 3.12. The van der Waals surface area contributed by atoms with Crippen LogP contribution in [0.1, 0.15) is 36.7 Å². The highest BCUT2D eigenvalue weighted by molar-refractivity contribution is 7.09. The molecule has 2 amide bonds. The van der Waals surface area contributed by atoms with E-state index in [0.717, 1.165) is 47.9 Å². The van der Waals surface area contributed by atoms with E-state index in [9.17, 15) is 9.59 Å². The molecule has 2 N–H and O–H groups in total. The Morgan fingerprint density at radius 1 is 0.971 bits per heavy atom. The second kappa shape index (κ2) is 9.79. The quantitative estimate of drug-likeness (QED) is 0.597. The zero-order valence-corrected chi connectivity index (χ0v) is 19.9. The third-order valence-corrected chi connectivity index (χ3v) is 7.14. The van der Waals surface area contributed by atoms with Crippen molar-refractivity contribution in [3.05, 3.63) is 87.1 Å². The molecule has 5 rings (SSSR count). The standard InChI is InChI=1S/C26H27N5O2S/c1-30-10-12-31(13-11-30)21-8-6-18(7-9-21)26(33)29-24-23-15-19(4-5-20(23)16-27-24)25(32)28-17-22-3-2-14-34-22/h2-9,14-15H,10-13,16-17H2,1H3,(H,28,32)(H,27,29,33). The van der Waals surface area contributed by atoms with Crippen LogP contribution in [0.15, 0.2) is 65.0 Å². The SMILES string of the molecule is CN1CCN(c2ccc(C(=O)NC3=NCc4ccc(C(=O)NCc5cccs5)cc43)cc2)CC1. The van der Waals surface area contributed by atoms with Gasteiger partial charge in [0.15, 0.2) is 0 Å². The van der Waals surface area contributed by atoms with Gasteiger partial charge in [0.2, 0.25) is 0 Å². The molecule has 1 saturated heterocycles. The normalized spacial score (nSPS) is 15.6. The van der Waals surface area contributed by atoms with Crippen LogP contribution in [0.4, 0.5) is 5.69 Å². The van der Waals surface area contributed by atoms with Gasteiger partial charge in [0, 0.05) is 53.4 Å². The maximum Gasteiger partial charge on any atom is 0.256 e. The predicted molar refractivity (Wildman–Crippen MR) is 136 cm³/mol. The van der Waals surface area contributed by atoms with Crippen LogP contribution < -0.4 is 15.5 Å². The van der Waals surface area contributed by atoms with E-state index >= 15 is 0 Å². The number of thiophene rings is 1. The maximum atomic E-state index is 12.9. The van der Waals surface area contributed by atoms with E-state index in [1.165, 1.54) is 0 Å². The van der Waals surface area contributed by atoms with E-state index in [2.05, 4.69) is 32.5 Å². The number of likely N-dealkylation sites (N-methyl/N-ethyl adjacent to an activating group) is 1. The van der Waals surface area contributed by atoms with E-state index in [4.69, 9.17) is 0 Å². The molecule has 0 bridgehead atoms. The van der Waals surface area contributed by atoms with Gasteiger partial charge in [-0.3, -0.25) is 14.6 Å². The Morgan fingerprint density at radius 2 is 1.74 bits per heavy atom. The largest absolute Gasteiger partial charge is 0.369 e. The van der Waals surface area contributed by atoms with E-state index in [-0.39, 0.29) is 11.8 Å². The molecule has 0 spiro atoms. The summed E-state index contributed by atoms with van der Waals surface area (Å²) in [4.78, 5) is 35.8. The monoisotopic (exact) mass is 473 g/mol. The lowest BCUT2D eigenvalue weighted by Crippen LogP contribution is -2.44. The van der Waals surface area contributed by atoms with Gasteiger partial charge in [-0.25, -0.2) is 0 Å². The number of amidine groups is 1. The summed E-state index contributed by atoms with van der Waals surface area (Å²) in [5.41, 5.74) is 4.06. The van der Waals surface area contributed by atoms with Gasteiger partial charge in [0.05, 0.1) is 13.1 Å². The minimum absolute atomic E-state index is 0.145. The van der Waals surface area contributed by atoms with Crippen LogP contribution in [0.2, 0.25) is 0 Å². The van der Waals surface area contributed by atoms with Gasteiger partial charge in [0.1, 0.15) is 5.84 Å². The van der Waals surface area contributed by atoms with E-state index < -0.39 is 0 Å². The van der Waals surface area contributed by atoms with Crippen LogP contribution in [0.25, 0.3) is 0 Å². The lowest BCUT2D eigenvalue weighted by Gasteiger charge is -2.34. The van der Waals surface area contributed by atoms with Crippen LogP contribution >= 0.6 is 11.3 Å². The van der Waals surface area contributed by atoms with Crippen LogP contribution in [0.3, 0.4) is 0 Å². The Kier molecular flexibility index (Phi) is 6.42. The lowest BCUT2D eigenvalue weighted by atomic mass is 10.0. The van der Waals surface area contributed by atoms with Crippen molar-refractivity contribution in [2.75, 3.05) is 38.1 Å². The summed E-state index contributed by atoms with van der Waals surface area (Å²) in [6.45, 7) is 5.03. The Labute approximate surface area is 203 Å². The fourth-order valence-electron chi connectivity index (χ4n) is 4.18. The first-order valence-corrected chi connectivity index (χ1v) is 12.3. The minimum atomic E-state index is -0.205. The van der Waals surface area contributed by atoms with Gasteiger partial charge in [0.25, 0.3) is 11.8 Å². The zero-order chi connectivity index (χ0) is 23.5. The van der Waals surface area contributed by atoms with Gasteiger partial charge in [-0.2, -0.15) is 0 Å². The summed E-state index contributed by atoms with van der Waals surface area (Å²) >= 11 is 1.61. The number of rotatable bonds is 5. The maximum absolute atomic E-state index is 12.9. The highest BCUT2D eigenvalue weighted by Gasteiger charge is 2.21. The molecule has 7 nitrogen and oxygen atoms in total.